The molecule has 0 aliphatic carbocycles. The van der Waals surface area contributed by atoms with Crippen molar-refractivity contribution >= 4 is 30.8 Å². The van der Waals surface area contributed by atoms with Gasteiger partial charge in [-0.2, -0.15) is 0 Å². The van der Waals surface area contributed by atoms with E-state index in [2.05, 4.69) is 0 Å². The molecule has 0 saturated carbocycles. The first kappa shape index (κ1) is 17.0. The molecule has 2 rings (SSSR count). The van der Waals surface area contributed by atoms with Crippen molar-refractivity contribution < 1.29 is 18.3 Å². The van der Waals surface area contributed by atoms with Crippen molar-refractivity contribution in [2.45, 2.75) is 25.9 Å². The molecule has 0 N–H and O–H groups in total. The second-order valence-electron chi connectivity index (χ2n) is 5.42. The van der Waals surface area contributed by atoms with Gasteiger partial charge in [-0.25, -0.2) is 4.57 Å². The topological polar surface area (TPSA) is 44.8 Å². The Balaban J connectivity index is 2.23. The first-order valence-electron chi connectivity index (χ1n) is 6.75. The maximum atomic E-state index is 12.7. The summed E-state index contributed by atoms with van der Waals surface area (Å²) in [5.74, 6) is 1.49. The third-order valence-electron chi connectivity index (χ3n) is 3.02. The zero-order valence-electron chi connectivity index (χ0n) is 12.1. The third-order valence-corrected chi connectivity index (χ3v) is 5.44. The SMILES string of the molecule is CC1(C)Cc2cccc(OP(=O)(CCCl)OCCCl)c2O1. The fourth-order valence-electron chi connectivity index (χ4n) is 2.22. The van der Waals surface area contributed by atoms with Gasteiger partial charge in [0, 0.05) is 23.7 Å². The number of fused-ring (bicyclic) bond motifs is 1. The highest BCUT2D eigenvalue weighted by Crippen LogP contribution is 2.52. The predicted octanol–water partition coefficient (Wildman–Crippen LogP) is 4.47. The molecule has 0 saturated heterocycles. The lowest BCUT2D eigenvalue weighted by molar-refractivity contribution is 0.135. The molecule has 1 aromatic rings. The van der Waals surface area contributed by atoms with Crippen LogP contribution in [0.4, 0.5) is 0 Å². The lowest BCUT2D eigenvalue weighted by atomic mass is 10.0. The summed E-state index contributed by atoms with van der Waals surface area (Å²) in [6.45, 7) is 4.15. The number of para-hydroxylation sites is 1. The van der Waals surface area contributed by atoms with Gasteiger partial charge in [0.25, 0.3) is 0 Å². The van der Waals surface area contributed by atoms with Crippen LogP contribution < -0.4 is 9.26 Å². The van der Waals surface area contributed by atoms with Gasteiger partial charge in [0.1, 0.15) is 5.60 Å². The second-order valence-corrected chi connectivity index (χ2v) is 8.29. The van der Waals surface area contributed by atoms with Gasteiger partial charge in [-0.1, -0.05) is 12.1 Å². The maximum absolute atomic E-state index is 12.7. The highest BCUT2D eigenvalue weighted by atomic mass is 35.5. The highest BCUT2D eigenvalue weighted by Gasteiger charge is 2.34. The fourth-order valence-corrected chi connectivity index (χ4v) is 4.32. The van der Waals surface area contributed by atoms with E-state index in [0.29, 0.717) is 11.5 Å². The van der Waals surface area contributed by atoms with Gasteiger partial charge in [-0.05, 0) is 19.9 Å². The lowest BCUT2D eigenvalue weighted by Crippen LogP contribution is -2.24. The molecule has 0 aromatic heterocycles. The maximum Gasteiger partial charge on any atom is 0.380 e. The van der Waals surface area contributed by atoms with Crippen LogP contribution in [0.1, 0.15) is 19.4 Å². The zero-order valence-corrected chi connectivity index (χ0v) is 14.5. The van der Waals surface area contributed by atoms with Crippen LogP contribution in [-0.2, 0) is 15.5 Å². The summed E-state index contributed by atoms with van der Waals surface area (Å²) in [6, 6.07) is 5.56. The smallest absolute Gasteiger partial charge is 0.380 e. The molecule has 0 spiro atoms. The molecule has 4 nitrogen and oxygen atoms in total. The van der Waals surface area contributed by atoms with Gasteiger partial charge < -0.3 is 9.26 Å². The van der Waals surface area contributed by atoms with Crippen molar-refractivity contribution in [3.05, 3.63) is 23.8 Å². The normalized spacial score (nSPS) is 18.7. The monoisotopic (exact) mass is 352 g/mol. The summed E-state index contributed by atoms with van der Waals surface area (Å²) in [7, 11) is -3.33. The molecule has 0 bridgehead atoms. The quantitative estimate of drug-likeness (QED) is 0.536. The summed E-state index contributed by atoms with van der Waals surface area (Å²) in [5.41, 5.74) is 0.738. The summed E-state index contributed by atoms with van der Waals surface area (Å²) >= 11 is 11.3. The Labute approximate surface area is 135 Å². The first-order valence-corrected chi connectivity index (χ1v) is 9.55. The summed E-state index contributed by atoms with van der Waals surface area (Å²) in [4.78, 5) is 0. The van der Waals surface area contributed by atoms with Crippen LogP contribution in [0.5, 0.6) is 11.5 Å². The Kier molecular flexibility index (Phi) is 5.48. The Morgan fingerprint density at radius 2 is 2.10 bits per heavy atom. The van der Waals surface area contributed by atoms with Crippen molar-refractivity contribution in [2.75, 3.05) is 24.5 Å². The Morgan fingerprint density at radius 3 is 2.76 bits per heavy atom. The van der Waals surface area contributed by atoms with Crippen molar-refractivity contribution in [3.8, 4) is 11.5 Å². The lowest BCUT2D eigenvalue weighted by Gasteiger charge is -2.21. The molecule has 1 aliphatic rings. The minimum Gasteiger partial charge on any atom is -0.483 e. The summed E-state index contributed by atoms with van der Waals surface area (Å²) in [6.07, 6.45) is 0.903. The van der Waals surface area contributed by atoms with Crippen LogP contribution in [0.15, 0.2) is 18.2 Å². The van der Waals surface area contributed by atoms with E-state index in [-0.39, 0.29) is 30.1 Å². The van der Waals surface area contributed by atoms with Gasteiger partial charge >= 0.3 is 7.60 Å². The molecule has 7 heteroatoms. The van der Waals surface area contributed by atoms with E-state index < -0.39 is 7.60 Å². The van der Waals surface area contributed by atoms with Crippen molar-refractivity contribution in [2.24, 2.45) is 0 Å². The van der Waals surface area contributed by atoms with Crippen molar-refractivity contribution in [3.63, 3.8) is 0 Å². The largest absolute Gasteiger partial charge is 0.483 e. The molecule has 1 unspecified atom stereocenters. The zero-order chi connectivity index (χ0) is 15.5. The Bertz CT molecular complexity index is 548. The first-order chi connectivity index (χ1) is 9.89. The minimum atomic E-state index is -3.33. The molecule has 1 aromatic carbocycles. The van der Waals surface area contributed by atoms with Gasteiger partial charge in [0.15, 0.2) is 11.5 Å². The molecule has 0 radical (unpaired) electrons. The van der Waals surface area contributed by atoms with E-state index in [9.17, 15) is 4.57 Å². The van der Waals surface area contributed by atoms with Crippen molar-refractivity contribution in [1.82, 2.24) is 0 Å². The van der Waals surface area contributed by atoms with Gasteiger partial charge in [0.2, 0.25) is 0 Å². The third kappa shape index (κ3) is 4.29. The summed E-state index contributed by atoms with van der Waals surface area (Å²) in [5, 5.41) is 0. The summed E-state index contributed by atoms with van der Waals surface area (Å²) < 4.78 is 29.5. The molecule has 0 amide bonds. The molecule has 0 fully saturated rings. The van der Waals surface area contributed by atoms with E-state index >= 15 is 0 Å². The molecule has 118 valence electrons. The van der Waals surface area contributed by atoms with E-state index in [1.807, 2.05) is 26.0 Å². The second kappa shape index (κ2) is 6.78. The standard InChI is InChI=1S/C14H19Cl2O4P/c1-14(2)10-11-4-3-5-12(13(11)19-14)20-21(17,9-7-16)18-8-6-15/h3-5H,6-10H2,1-2H3. The van der Waals surface area contributed by atoms with E-state index in [1.165, 1.54) is 0 Å². The van der Waals surface area contributed by atoms with Crippen LogP contribution in [0.3, 0.4) is 0 Å². The number of hydrogen-bond donors (Lipinski definition) is 0. The number of ether oxygens (including phenoxy) is 1. The molecule has 1 heterocycles. The van der Waals surface area contributed by atoms with Crippen LogP contribution in [0, 0.1) is 0 Å². The Morgan fingerprint density at radius 1 is 1.33 bits per heavy atom. The number of halogens is 2. The highest BCUT2D eigenvalue weighted by molar-refractivity contribution is 7.54. The molecular weight excluding hydrogens is 334 g/mol. The van der Waals surface area contributed by atoms with Gasteiger partial charge in [-0.15, -0.1) is 23.2 Å². The van der Waals surface area contributed by atoms with Gasteiger partial charge in [-0.3, -0.25) is 4.52 Å². The average Bonchev–Trinajstić information content (AvgIpc) is 2.72. The predicted molar refractivity (Wildman–Crippen MR) is 85.3 cm³/mol. The van der Waals surface area contributed by atoms with Crippen molar-refractivity contribution in [1.29, 1.82) is 0 Å². The fraction of sp³-hybridized carbons (Fsp3) is 0.571. The van der Waals surface area contributed by atoms with Crippen LogP contribution in [-0.4, -0.2) is 30.1 Å². The van der Waals surface area contributed by atoms with E-state index in [0.717, 1.165) is 12.0 Å². The Hall–Kier alpha value is -0.410. The molecular formula is C14H19Cl2O4P. The number of hydrogen-bond acceptors (Lipinski definition) is 4. The molecule has 1 aliphatic heterocycles. The average molecular weight is 353 g/mol. The van der Waals surface area contributed by atoms with Crippen LogP contribution in [0.2, 0.25) is 0 Å². The van der Waals surface area contributed by atoms with Gasteiger partial charge in [0.05, 0.1) is 12.8 Å². The number of benzene rings is 1. The minimum absolute atomic E-state index is 0.124. The van der Waals surface area contributed by atoms with Crippen LogP contribution >= 0.6 is 30.8 Å². The number of alkyl halides is 2. The molecule has 21 heavy (non-hydrogen) atoms. The molecule has 1 atom stereocenters. The van der Waals surface area contributed by atoms with E-state index in [4.69, 9.17) is 37.0 Å². The van der Waals surface area contributed by atoms with Crippen LogP contribution in [0.25, 0.3) is 0 Å². The van der Waals surface area contributed by atoms with E-state index in [1.54, 1.807) is 6.07 Å². The number of rotatable bonds is 7.